The highest BCUT2D eigenvalue weighted by atomic mass is 19.1. The molecule has 0 saturated heterocycles. The molecule has 19 heavy (non-hydrogen) atoms. The molecule has 0 aromatic heterocycles. The van der Waals surface area contributed by atoms with Gasteiger partial charge in [0.15, 0.2) is 0 Å². The molecule has 100 valence electrons. The first-order valence-corrected chi connectivity index (χ1v) is 6.30. The predicted molar refractivity (Wildman–Crippen MR) is 72.2 cm³/mol. The van der Waals surface area contributed by atoms with E-state index in [1.54, 1.807) is 6.92 Å². The van der Waals surface area contributed by atoms with Gasteiger partial charge in [0.2, 0.25) is 0 Å². The predicted octanol–water partition coefficient (Wildman–Crippen LogP) is 3.73. The minimum atomic E-state index is -0.580. The van der Waals surface area contributed by atoms with Crippen LogP contribution in [-0.4, -0.2) is 12.4 Å². The minimum absolute atomic E-state index is 0.330. The molecular weight excluding hydrogens is 243 g/mol. The van der Waals surface area contributed by atoms with Crippen LogP contribution in [-0.2, 0) is 16.1 Å². The highest BCUT2D eigenvalue weighted by Gasteiger charge is 2.26. The summed E-state index contributed by atoms with van der Waals surface area (Å²) in [5.74, 6) is -0.330. The number of rotatable bonds is 4. The molecule has 2 nitrogen and oxygen atoms in total. The number of benzene rings is 1. The van der Waals surface area contributed by atoms with Crippen molar-refractivity contribution in [3.8, 4) is 0 Å². The molecule has 0 N–H and O–H groups in total. The van der Waals surface area contributed by atoms with Gasteiger partial charge in [-0.2, -0.15) is 0 Å². The van der Waals surface area contributed by atoms with Gasteiger partial charge in [-0.25, -0.2) is 4.39 Å². The highest BCUT2D eigenvalue weighted by Crippen LogP contribution is 2.32. The second-order valence-electron chi connectivity index (χ2n) is 4.77. The van der Waals surface area contributed by atoms with Crippen molar-refractivity contribution in [1.82, 2.24) is 0 Å². The minimum Gasteiger partial charge on any atom is -0.366 e. The lowest BCUT2D eigenvalue weighted by Crippen LogP contribution is -2.20. The molecule has 0 bridgehead atoms. The molecule has 1 aliphatic carbocycles. The Labute approximate surface area is 112 Å². The van der Waals surface area contributed by atoms with Gasteiger partial charge in [-0.1, -0.05) is 35.9 Å². The number of aldehydes is 1. The molecule has 0 fully saturated rings. The van der Waals surface area contributed by atoms with Gasteiger partial charge in [0, 0.05) is 12.0 Å². The Morgan fingerprint density at radius 2 is 2.00 bits per heavy atom. The van der Waals surface area contributed by atoms with Gasteiger partial charge in [-0.15, -0.1) is 0 Å². The quantitative estimate of drug-likeness (QED) is 0.771. The number of ether oxygens (including phenoxy) is 1. The summed E-state index contributed by atoms with van der Waals surface area (Å²) in [6.45, 7) is 3.84. The standard InChI is InChI=1S/C16H17FO2/c1-11-8-15(16(17)12(2)14(11)9-18)19-10-13-6-4-3-5-7-13/h3-7,9,15H,8,10H2,1-2H3. The molecular formula is C16H17FO2. The maximum absolute atomic E-state index is 14.1. The lowest BCUT2D eigenvalue weighted by atomic mass is 9.91. The third-order valence-corrected chi connectivity index (χ3v) is 3.41. The zero-order valence-corrected chi connectivity index (χ0v) is 11.2. The summed E-state index contributed by atoms with van der Waals surface area (Å²) in [5.41, 5.74) is 2.76. The number of hydrogen-bond acceptors (Lipinski definition) is 2. The van der Waals surface area contributed by atoms with Crippen LogP contribution in [0.25, 0.3) is 0 Å². The molecule has 1 aliphatic rings. The van der Waals surface area contributed by atoms with Crippen LogP contribution < -0.4 is 0 Å². The SMILES string of the molecule is CC1=C(C=O)C(C)=C(F)C(OCc2ccccc2)C1. The average molecular weight is 260 g/mol. The number of allylic oxidation sites excluding steroid dienone is 2. The molecule has 2 rings (SSSR count). The molecule has 3 heteroatoms. The molecule has 0 saturated carbocycles. The summed E-state index contributed by atoms with van der Waals surface area (Å²) in [5, 5.41) is 0. The van der Waals surface area contributed by atoms with Gasteiger partial charge < -0.3 is 4.74 Å². The van der Waals surface area contributed by atoms with E-state index in [0.29, 0.717) is 24.2 Å². The Balaban J connectivity index is 2.08. The van der Waals surface area contributed by atoms with Crippen molar-refractivity contribution >= 4 is 6.29 Å². The molecule has 1 aromatic rings. The zero-order valence-electron chi connectivity index (χ0n) is 11.2. The van der Waals surface area contributed by atoms with Crippen molar-refractivity contribution < 1.29 is 13.9 Å². The Hall–Kier alpha value is -1.74. The van der Waals surface area contributed by atoms with E-state index in [1.807, 2.05) is 37.3 Å². The Morgan fingerprint density at radius 1 is 1.32 bits per heavy atom. The van der Waals surface area contributed by atoms with Gasteiger partial charge in [-0.3, -0.25) is 4.79 Å². The average Bonchev–Trinajstić information content (AvgIpc) is 2.43. The maximum atomic E-state index is 14.1. The van der Waals surface area contributed by atoms with Gasteiger partial charge >= 0.3 is 0 Å². The van der Waals surface area contributed by atoms with Crippen LogP contribution in [0.4, 0.5) is 4.39 Å². The van der Waals surface area contributed by atoms with E-state index in [0.717, 1.165) is 17.4 Å². The van der Waals surface area contributed by atoms with Crippen LogP contribution in [0.5, 0.6) is 0 Å². The van der Waals surface area contributed by atoms with Gasteiger partial charge in [0.25, 0.3) is 0 Å². The fraction of sp³-hybridized carbons (Fsp3) is 0.312. The third-order valence-electron chi connectivity index (χ3n) is 3.41. The second kappa shape index (κ2) is 5.93. The zero-order chi connectivity index (χ0) is 13.8. The Kier molecular flexibility index (Phi) is 4.27. The molecule has 0 amide bonds. The lowest BCUT2D eigenvalue weighted by molar-refractivity contribution is -0.104. The molecule has 1 aromatic carbocycles. The van der Waals surface area contributed by atoms with Crippen LogP contribution in [0.1, 0.15) is 25.8 Å². The second-order valence-corrected chi connectivity index (χ2v) is 4.77. The van der Waals surface area contributed by atoms with Crippen molar-refractivity contribution in [2.45, 2.75) is 33.0 Å². The molecule has 0 spiro atoms. The van der Waals surface area contributed by atoms with Crippen LogP contribution >= 0.6 is 0 Å². The summed E-state index contributed by atoms with van der Waals surface area (Å²) in [4.78, 5) is 10.9. The van der Waals surface area contributed by atoms with E-state index >= 15 is 0 Å². The van der Waals surface area contributed by atoms with Crippen molar-refractivity contribution in [2.24, 2.45) is 0 Å². The van der Waals surface area contributed by atoms with Crippen molar-refractivity contribution in [3.63, 3.8) is 0 Å². The van der Waals surface area contributed by atoms with Crippen LogP contribution in [0.3, 0.4) is 0 Å². The summed E-state index contributed by atoms with van der Waals surface area (Å²) in [6.07, 6.45) is 0.575. The maximum Gasteiger partial charge on any atom is 0.150 e. The fourth-order valence-electron chi connectivity index (χ4n) is 2.26. The monoisotopic (exact) mass is 260 g/mol. The summed E-state index contributed by atoms with van der Waals surface area (Å²) in [6, 6.07) is 9.66. The smallest absolute Gasteiger partial charge is 0.150 e. The first-order chi connectivity index (χ1) is 9.13. The molecule has 0 heterocycles. The van der Waals surface area contributed by atoms with Crippen molar-refractivity contribution in [1.29, 1.82) is 0 Å². The van der Waals surface area contributed by atoms with E-state index in [-0.39, 0.29) is 5.83 Å². The number of carbonyl (C=O) groups excluding carboxylic acids is 1. The first kappa shape index (κ1) is 13.7. The summed E-state index contributed by atoms with van der Waals surface area (Å²) in [7, 11) is 0. The molecule has 0 aliphatic heterocycles. The third kappa shape index (κ3) is 2.99. The van der Waals surface area contributed by atoms with Gasteiger partial charge in [0.05, 0.1) is 6.61 Å². The van der Waals surface area contributed by atoms with Crippen LogP contribution in [0, 0.1) is 0 Å². The van der Waals surface area contributed by atoms with E-state index in [2.05, 4.69) is 0 Å². The largest absolute Gasteiger partial charge is 0.366 e. The van der Waals surface area contributed by atoms with Crippen LogP contribution in [0.15, 0.2) is 52.9 Å². The molecule has 1 atom stereocenters. The highest BCUT2D eigenvalue weighted by molar-refractivity contribution is 5.82. The van der Waals surface area contributed by atoms with E-state index in [1.165, 1.54) is 0 Å². The van der Waals surface area contributed by atoms with Gasteiger partial charge in [0.1, 0.15) is 18.2 Å². The Bertz CT molecular complexity index is 529. The van der Waals surface area contributed by atoms with Crippen LogP contribution in [0.2, 0.25) is 0 Å². The fourth-order valence-corrected chi connectivity index (χ4v) is 2.26. The number of carbonyl (C=O) groups is 1. The number of hydrogen-bond donors (Lipinski definition) is 0. The summed E-state index contributed by atoms with van der Waals surface area (Å²) < 4.78 is 19.7. The molecule has 1 unspecified atom stereocenters. The van der Waals surface area contributed by atoms with E-state index in [9.17, 15) is 9.18 Å². The van der Waals surface area contributed by atoms with Crippen molar-refractivity contribution in [2.75, 3.05) is 0 Å². The molecule has 0 radical (unpaired) electrons. The topological polar surface area (TPSA) is 26.3 Å². The Morgan fingerprint density at radius 3 is 2.63 bits per heavy atom. The lowest BCUT2D eigenvalue weighted by Gasteiger charge is -2.24. The first-order valence-electron chi connectivity index (χ1n) is 6.30. The number of halogens is 1. The van der Waals surface area contributed by atoms with E-state index in [4.69, 9.17) is 4.74 Å². The summed E-state index contributed by atoms with van der Waals surface area (Å²) >= 11 is 0. The van der Waals surface area contributed by atoms with Crippen molar-refractivity contribution in [3.05, 3.63) is 58.4 Å². The van der Waals surface area contributed by atoms with E-state index < -0.39 is 6.10 Å². The normalized spacial score (nSPS) is 19.8. The van der Waals surface area contributed by atoms with Gasteiger partial charge in [-0.05, 0) is 25.0 Å².